The molecule has 3 aliphatic rings. The minimum Gasteiger partial charge on any atom is -0.365 e. The summed E-state index contributed by atoms with van der Waals surface area (Å²) < 4.78 is 3.24. The fourth-order valence-corrected chi connectivity index (χ4v) is 4.19. The van der Waals surface area contributed by atoms with E-state index in [9.17, 15) is 4.79 Å². The van der Waals surface area contributed by atoms with Crippen molar-refractivity contribution >= 4 is 28.8 Å². The van der Waals surface area contributed by atoms with Crippen LogP contribution in [0.4, 0.5) is 11.5 Å². The van der Waals surface area contributed by atoms with Crippen LogP contribution >= 0.6 is 11.6 Å². The van der Waals surface area contributed by atoms with Crippen LogP contribution in [0.25, 0.3) is 5.65 Å². The van der Waals surface area contributed by atoms with Gasteiger partial charge in [0.1, 0.15) is 5.02 Å². The monoisotopic (exact) mass is 357 g/mol. The highest BCUT2D eigenvalue weighted by molar-refractivity contribution is 6.33. The molecule has 3 fully saturated rings. The van der Waals surface area contributed by atoms with Crippen molar-refractivity contribution in [2.45, 2.75) is 18.5 Å². The van der Waals surface area contributed by atoms with Gasteiger partial charge in [0.15, 0.2) is 11.5 Å². The number of piperazine rings is 1. The van der Waals surface area contributed by atoms with Crippen LogP contribution in [-0.4, -0.2) is 49.3 Å². The van der Waals surface area contributed by atoms with Crippen molar-refractivity contribution in [1.29, 1.82) is 0 Å². The summed E-state index contributed by atoms with van der Waals surface area (Å²) in [5, 5.41) is 4.34. The molecule has 0 N–H and O–H groups in total. The Balaban J connectivity index is 1.46. The third-order valence-electron chi connectivity index (χ3n) is 5.13. The Morgan fingerprint density at radius 2 is 1.88 bits per heavy atom. The third-order valence-corrected chi connectivity index (χ3v) is 5.49. The number of imidazole rings is 1. The fourth-order valence-electron chi connectivity index (χ4n) is 3.90. The number of hydrogen-bond donors (Lipinski definition) is 0. The molecule has 3 aliphatic heterocycles. The standard InChI is InChI=1S/C16H16ClN7O/c1-21-16(25)13(17)12(7-20-21)23-8-10-6-11(9-23)24(10)15-14-18-2-4-22(14)5-3-19-15/h2-5,7,10-11H,6,8-9H2,1H3. The summed E-state index contributed by atoms with van der Waals surface area (Å²) >= 11 is 6.26. The zero-order valence-corrected chi connectivity index (χ0v) is 14.3. The fraction of sp³-hybridized carbons (Fsp3) is 0.375. The Bertz CT molecular complexity index is 1020. The van der Waals surface area contributed by atoms with Gasteiger partial charge >= 0.3 is 0 Å². The molecule has 3 saturated heterocycles. The Hall–Kier alpha value is -2.61. The van der Waals surface area contributed by atoms with Gasteiger partial charge in [-0.15, -0.1) is 0 Å². The number of aryl methyl sites for hydroxylation is 1. The van der Waals surface area contributed by atoms with E-state index in [0.717, 1.165) is 31.0 Å². The van der Waals surface area contributed by atoms with Gasteiger partial charge in [0.2, 0.25) is 0 Å². The van der Waals surface area contributed by atoms with Crippen LogP contribution in [0.15, 0.2) is 35.8 Å². The summed E-state index contributed by atoms with van der Waals surface area (Å²) in [6.45, 7) is 1.57. The minimum absolute atomic E-state index is 0.235. The van der Waals surface area contributed by atoms with E-state index >= 15 is 0 Å². The van der Waals surface area contributed by atoms with Crippen molar-refractivity contribution < 1.29 is 0 Å². The number of rotatable bonds is 2. The summed E-state index contributed by atoms with van der Waals surface area (Å²) in [4.78, 5) is 25.5. The van der Waals surface area contributed by atoms with E-state index in [2.05, 4.69) is 24.9 Å². The van der Waals surface area contributed by atoms with Gasteiger partial charge in [-0.05, 0) is 6.42 Å². The number of fused-ring (bicyclic) bond motifs is 3. The van der Waals surface area contributed by atoms with Crippen LogP contribution in [0.1, 0.15) is 6.42 Å². The van der Waals surface area contributed by atoms with Crippen molar-refractivity contribution in [3.05, 3.63) is 46.4 Å². The number of anilines is 2. The first-order chi connectivity index (χ1) is 12.1. The molecule has 2 unspecified atom stereocenters. The molecule has 2 atom stereocenters. The van der Waals surface area contributed by atoms with Crippen LogP contribution in [0.3, 0.4) is 0 Å². The average Bonchev–Trinajstić information content (AvgIpc) is 3.09. The van der Waals surface area contributed by atoms with E-state index in [0.29, 0.717) is 17.8 Å². The molecular weight excluding hydrogens is 342 g/mol. The van der Waals surface area contributed by atoms with E-state index in [-0.39, 0.29) is 10.6 Å². The lowest BCUT2D eigenvalue weighted by atomic mass is 9.87. The molecule has 6 heterocycles. The second kappa shape index (κ2) is 5.19. The molecule has 8 nitrogen and oxygen atoms in total. The van der Waals surface area contributed by atoms with E-state index in [1.165, 1.54) is 4.68 Å². The van der Waals surface area contributed by atoms with E-state index in [4.69, 9.17) is 11.6 Å². The number of halogens is 1. The lowest BCUT2D eigenvalue weighted by Gasteiger charge is -2.57. The predicted molar refractivity (Wildman–Crippen MR) is 94.4 cm³/mol. The van der Waals surface area contributed by atoms with Crippen molar-refractivity contribution in [2.24, 2.45) is 7.05 Å². The maximum absolute atomic E-state index is 12.0. The van der Waals surface area contributed by atoms with Crippen molar-refractivity contribution in [3.8, 4) is 0 Å². The Morgan fingerprint density at radius 3 is 2.64 bits per heavy atom. The second-order valence-corrected chi connectivity index (χ2v) is 6.92. The predicted octanol–water partition coefficient (Wildman–Crippen LogP) is 0.944. The third kappa shape index (κ3) is 2.07. The van der Waals surface area contributed by atoms with Gasteiger partial charge in [-0.2, -0.15) is 5.10 Å². The Kier molecular flexibility index (Phi) is 3.05. The molecule has 3 aromatic rings. The first kappa shape index (κ1) is 14.7. The van der Waals surface area contributed by atoms with Crippen LogP contribution in [0, 0.1) is 0 Å². The molecule has 0 amide bonds. The summed E-state index contributed by atoms with van der Waals surface area (Å²) in [6.07, 6.45) is 10.2. The first-order valence-electron chi connectivity index (χ1n) is 8.16. The summed E-state index contributed by atoms with van der Waals surface area (Å²) in [5.41, 5.74) is 1.32. The molecule has 128 valence electrons. The number of hydrogen-bond acceptors (Lipinski definition) is 6. The second-order valence-electron chi connectivity index (χ2n) is 6.54. The van der Waals surface area contributed by atoms with Gasteiger partial charge in [0.25, 0.3) is 5.56 Å². The molecule has 0 aliphatic carbocycles. The van der Waals surface area contributed by atoms with Crippen LogP contribution in [0.2, 0.25) is 5.02 Å². The van der Waals surface area contributed by atoms with Gasteiger partial charge in [0.05, 0.1) is 24.0 Å². The highest BCUT2D eigenvalue weighted by Gasteiger charge is 2.46. The maximum Gasteiger partial charge on any atom is 0.287 e. The molecule has 0 saturated carbocycles. The van der Waals surface area contributed by atoms with Gasteiger partial charge in [0, 0.05) is 44.9 Å². The Labute approximate surface area is 148 Å². The lowest BCUT2D eigenvalue weighted by Crippen LogP contribution is -2.69. The number of aromatic nitrogens is 5. The maximum atomic E-state index is 12.0. The van der Waals surface area contributed by atoms with E-state index in [1.54, 1.807) is 25.6 Å². The minimum atomic E-state index is -0.265. The molecule has 0 aromatic carbocycles. The lowest BCUT2D eigenvalue weighted by molar-refractivity contribution is 0.289. The molecular formula is C16H16ClN7O. The highest BCUT2D eigenvalue weighted by atomic mass is 35.5. The molecule has 6 rings (SSSR count). The smallest absolute Gasteiger partial charge is 0.287 e. The van der Waals surface area contributed by atoms with Gasteiger partial charge < -0.3 is 14.2 Å². The molecule has 25 heavy (non-hydrogen) atoms. The van der Waals surface area contributed by atoms with Gasteiger partial charge in [-0.1, -0.05) is 11.6 Å². The average molecular weight is 358 g/mol. The van der Waals surface area contributed by atoms with Gasteiger partial charge in [-0.25, -0.2) is 14.6 Å². The number of nitrogens with zero attached hydrogens (tertiary/aromatic N) is 7. The zero-order valence-electron chi connectivity index (χ0n) is 13.6. The molecule has 2 bridgehead atoms. The van der Waals surface area contributed by atoms with Gasteiger partial charge in [-0.3, -0.25) is 4.79 Å². The molecule has 0 spiro atoms. The molecule has 3 aromatic heterocycles. The molecule has 0 radical (unpaired) electrons. The zero-order chi connectivity index (χ0) is 17.1. The van der Waals surface area contributed by atoms with E-state index < -0.39 is 0 Å². The van der Waals surface area contributed by atoms with Crippen LogP contribution < -0.4 is 15.4 Å². The number of piperidine rings is 1. The topological polar surface area (TPSA) is 71.6 Å². The molecule has 9 heteroatoms. The van der Waals surface area contributed by atoms with Crippen LogP contribution in [-0.2, 0) is 7.05 Å². The largest absolute Gasteiger partial charge is 0.365 e. The normalized spacial score (nSPS) is 22.3. The summed E-state index contributed by atoms with van der Waals surface area (Å²) in [6, 6.07) is 0.656. The quantitative estimate of drug-likeness (QED) is 0.680. The highest BCUT2D eigenvalue weighted by Crippen LogP contribution is 2.39. The summed E-state index contributed by atoms with van der Waals surface area (Å²) in [7, 11) is 1.60. The first-order valence-corrected chi connectivity index (χ1v) is 8.54. The summed E-state index contributed by atoms with van der Waals surface area (Å²) in [5.74, 6) is 0.918. The van der Waals surface area contributed by atoms with Crippen molar-refractivity contribution in [2.75, 3.05) is 22.9 Å². The van der Waals surface area contributed by atoms with Crippen molar-refractivity contribution in [3.63, 3.8) is 0 Å². The Morgan fingerprint density at radius 1 is 1.16 bits per heavy atom. The van der Waals surface area contributed by atoms with Crippen molar-refractivity contribution in [1.82, 2.24) is 24.1 Å². The van der Waals surface area contributed by atoms with Crippen LogP contribution in [0.5, 0.6) is 0 Å². The SMILES string of the molecule is Cn1ncc(N2CC3CC(C2)N3c2nccn3ccnc23)c(Cl)c1=O. The van der Waals surface area contributed by atoms with E-state index in [1.807, 2.05) is 16.8 Å².